The fourth-order valence-electron chi connectivity index (χ4n) is 5.69. The summed E-state index contributed by atoms with van der Waals surface area (Å²) in [5.41, 5.74) is 12.1. The summed E-state index contributed by atoms with van der Waals surface area (Å²) in [5, 5.41) is 0. The maximum Gasteiger partial charge on any atom is 0.240 e. The Bertz CT molecular complexity index is 452. The lowest BCUT2D eigenvalue weighted by Crippen LogP contribution is -2.55. The number of likely N-dealkylation sites (tertiary alicyclic amines) is 1. The SMILES string of the molecule is NC(=O)[C@@H]1CCCN1C(=O)[C@@H](N)C(C1CCCCC1)C1CCCCC1. The average Bonchev–Trinajstić information content (AvgIpc) is 3.13. The van der Waals surface area contributed by atoms with E-state index < -0.39 is 12.1 Å². The zero-order valence-electron chi connectivity index (χ0n) is 15.5. The van der Waals surface area contributed by atoms with Gasteiger partial charge in [0.15, 0.2) is 0 Å². The van der Waals surface area contributed by atoms with Crippen molar-refractivity contribution >= 4 is 11.8 Å². The molecule has 0 aromatic rings. The van der Waals surface area contributed by atoms with E-state index in [0.29, 0.717) is 24.8 Å². The normalized spacial score (nSPS) is 27.6. The molecule has 0 aromatic carbocycles. The van der Waals surface area contributed by atoms with Crippen LogP contribution in [0.2, 0.25) is 0 Å². The zero-order chi connectivity index (χ0) is 17.8. The second kappa shape index (κ2) is 8.52. The van der Waals surface area contributed by atoms with Crippen molar-refractivity contribution < 1.29 is 9.59 Å². The van der Waals surface area contributed by atoms with Gasteiger partial charge in [-0.2, -0.15) is 0 Å². The molecule has 2 aliphatic carbocycles. The van der Waals surface area contributed by atoms with Gasteiger partial charge in [0, 0.05) is 6.54 Å². The Morgan fingerprint density at radius 2 is 1.32 bits per heavy atom. The molecule has 2 atom stereocenters. The number of carbonyl (C=O) groups excluding carboxylic acids is 2. The molecule has 1 aliphatic heterocycles. The van der Waals surface area contributed by atoms with E-state index in [-0.39, 0.29) is 17.7 Å². The first-order valence-corrected chi connectivity index (χ1v) is 10.4. The summed E-state index contributed by atoms with van der Waals surface area (Å²) in [6.07, 6.45) is 14.1. The standard InChI is InChI=1S/C20H35N3O2/c21-18(20(25)23-13-7-12-16(23)19(22)24)17(14-8-3-1-4-9-14)15-10-5-2-6-11-15/h14-18H,1-13,21H2,(H2,22,24)/t16-,18-/m0/s1. The van der Waals surface area contributed by atoms with Crippen molar-refractivity contribution in [1.82, 2.24) is 4.90 Å². The van der Waals surface area contributed by atoms with Gasteiger partial charge in [-0.3, -0.25) is 9.59 Å². The highest BCUT2D eigenvalue weighted by Gasteiger charge is 2.42. The largest absolute Gasteiger partial charge is 0.368 e. The molecular weight excluding hydrogens is 314 g/mol. The summed E-state index contributed by atoms with van der Waals surface area (Å²) in [7, 11) is 0. The molecule has 0 radical (unpaired) electrons. The Kier molecular flexibility index (Phi) is 6.37. The van der Waals surface area contributed by atoms with Gasteiger partial charge in [0.25, 0.3) is 0 Å². The first-order valence-electron chi connectivity index (χ1n) is 10.4. The van der Waals surface area contributed by atoms with Crippen LogP contribution in [0.15, 0.2) is 0 Å². The van der Waals surface area contributed by atoms with Gasteiger partial charge in [0.05, 0.1) is 6.04 Å². The van der Waals surface area contributed by atoms with Crippen LogP contribution in [0.1, 0.15) is 77.0 Å². The molecule has 0 unspecified atom stereocenters. The smallest absolute Gasteiger partial charge is 0.240 e. The fourth-order valence-corrected chi connectivity index (χ4v) is 5.69. The fraction of sp³-hybridized carbons (Fsp3) is 0.900. The number of hydrogen-bond donors (Lipinski definition) is 2. The molecule has 4 N–H and O–H groups in total. The number of nitrogens with zero attached hydrogens (tertiary/aromatic N) is 1. The maximum absolute atomic E-state index is 13.2. The minimum absolute atomic E-state index is 0.0255. The van der Waals surface area contributed by atoms with E-state index in [2.05, 4.69) is 0 Å². The molecule has 5 nitrogen and oxygen atoms in total. The van der Waals surface area contributed by atoms with Gasteiger partial charge >= 0.3 is 0 Å². The van der Waals surface area contributed by atoms with E-state index in [1.54, 1.807) is 4.90 Å². The van der Waals surface area contributed by atoms with Gasteiger partial charge in [-0.15, -0.1) is 0 Å². The predicted molar refractivity (Wildman–Crippen MR) is 98.5 cm³/mol. The number of nitrogens with two attached hydrogens (primary N) is 2. The van der Waals surface area contributed by atoms with Crippen LogP contribution in [0, 0.1) is 17.8 Å². The Labute approximate surface area is 151 Å². The quantitative estimate of drug-likeness (QED) is 0.799. The number of rotatable bonds is 5. The second-order valence-electron chi connectivity index (χ2n) is 8.49. The highest BCUT2D eigenvalue weighted by atomic mass is 16.2. The third-order valence-electron chi connectivity index (χ3n) is 6.95. The van der Waals surface area contributed by atoms with Gasteiger partial charge in [-0.05, 0) is 30.6 Å². The van der Waals surface area contributed by atoms with Crippen molar-refractivity contribution in [1.29, 1.82) is 0 Å². The molecule has 0 spiro atoms. The van der Waals surface area contributed by atoms with Crippen LogP contribution in [-0.2, 0) is 9.59 Å². The van der Waals surface area contributed by atoms with Gasteiger partial charge in [-0.1, -0.05) is 64.2 Å². The van der Waals surface area contributed by atoms with Crippen molar-refractivity contribution in [2.45, 2.75) is 89.1 Å². The highest BCUT2D eigenvalue weighted by Crippen LogP contribution is 2.41. The molecule has 3 aliphatic rings. The van der Waals surface area contributed by atoms with Gasteiger partial charge in [-0.25, -0.2) is 0 Å². The monoisotopic (exact) mass is 349 g/mol. The number of amides is 2. The lowest BCUT2D eigenvalue weighted by molar-refractivity contribution is -0.140. The molecule has 3 fully saturated rings. The van der Waals surface area contributed by atoms with E-state index in [9.17, 15) is 9.59 Å². The minimum atomic E-state index is -0.467. The maximum atomic E-state index is 13.2. The summed E-state index contributed by atoms with van der Waals surface area (Å²) < 4.78 is 0. The molecule has 25 heavy (non-hydrogen) atoms. The Morgan fingerprint density at radius 3 is 1.80 bits per heavy atom. The van der Waals surface area contributed by atoms with E-state index in [0.717, 1.165) is 6.42 Å². The third kappa shape index (κ3) is 4.18. The topological polar surface area (TPSA) is 89.4 Å². The zero-order valence-corrected chi connectivity index (χ0v) is 15.5. The molecule has 2 saturated carbocycles. The van der Waals surface area contributed by atoms with Crippen LogP contribution in [-0.4, -0.2) is 35.3 Å². The van der Waals surface area contributed by atoms with Crippen molar-refractivity contribution in [3.63, 3.8) is 0 Å². The van der Waals surface area contributed by atoms with Crippen LogP contribution in [0.25, 0.3) is 0 Å². The van der Waals surface area contributed by atoms with Crippen LogP contribution >= 0.6 is 0 Å². The van der Waals surface area contributed by atoms with Crippen LogP contribution in [0.3, 0.4) is 0 Å². The number of hydrogen-bond acceptors (Lipinski definition) is 3. The molecule has 142 valence electrons. The first-order chi connectivity index (χ1) is 12.1. The van der Waals surface area contributed by atoms with Crippen molar-refractivity contribution in [2.24, 2.45) is 29.2 Å². The molecule has 3 rings (SSSR count). The molecule has 5 heteroatoms. The Morgan fingerprint density at radius 1 is 0.800 bits per heavy atom. The second-order valence-corrected chi connectivity index (χ2v) is 8.49. The van der Waals surface area contributed by atoms with Gasteiger partial charge in [0.1, 0.15) is 6.04 Å². The molecule has 0 bridgehead atoms. The van der Waals surface area contributed by atoms with Gasteiger partial charge < -0.3 is 16.4 Å². The predicted octanol–water partition coefficient (Wildman–Crippen LogP) is 2.57. The minimum Gasteiger partial charge on any atom is -0.368 e. The lowest BCUT2D eigenvalue weighted by Gasteiger charge is -2.41. The summed E-state index contributed by atoms with van der Waals surface area (Å²) in [6.45, 7) is 0.627. The summed E-state index contributed by atoms with van der Waals surface area (Å²) in [6, 6.07) is -0.914. The molecule has 1 saturated heterocycles. The van der Waals surface area contributed by atoms with E-state index in [1.165, 1.54) is 64.2 Å². The highest BCUT2D eigenvalue weighted by molar-refractivity contribution is 5.89. The van der Waals surface area contributed by atoms with E-state index in [1.807, 2.05) is 0 Å². The average molecular weight is 350 g/mol. The Balaban J connectivity index is 1.76. The van der Waals surface area contributed by atoms with Crippen molar-refractivity contribution in [3.05, 3.63) is 0 Å². The van der Waals surface area contributed by atoms with Crippen LogP contribution in [0.4, 0.5) is 0 Å². The Hall–Kier alpha value is -1.10. The summed E-state index contributed by atoms with van der Waals surface area (Å²) in [5.74, 6) is 1.02. The molecule has 2 amide bonds. The molecular formula is C20H35N3O2. The lowest BCUT2D eigenvalue weighted by atomic mass is 9.66. The third-order valence-corrected chi connectivity index (χ3v) is 6.95. The van der Waals surface area contributed by atoms with Crippen molar-refractivity contribution in [3.8, 4) is 0 Å². The first kappa shape index (κ1) is 18.7. The number of primary amides is 1. The van der Waals surface area contributed by atoms with E-state index >= 15 is 0 Å². The van der Waals surface area contributed by atoms with Crippen LogP contribution in [0.5, 0.6) is 0 Å². The molecule has 1 heterocycles. The number of carbonyl (C=O) groups is 2. The summed E-state index contributed by atoms with van der Waals surface area (Å²) >= 11 is 0. The van der Waals surface area contributed by atoms with Crippen molar-refractivity contribution in [2.75, 3.05) is 6.54 Å². The molecule has 0 aromatic heterocycles. The summed E-state index contributed by atoms with van der Waals surface area (Å²) in [4.78, 5) is 26.6. The van der Waals surface area contributed by atoms with Gasteiger partial charge in [0.2, 0.25) is 11.8 Å². The van der Waals surface area contributed by atoms with E-state index in [4.69, 9.17) is 11.5 Å². The van der Waals surface area contributed by atoms with Crippen LogP contribution < -0.4 is 11.5 Å².